The molecule has 0 aromatic carbocycles. The topological polar surface area (TPSA) is 69.7 Å². The van der Waals surface area contributed by atoms with Gasteiger partial charge in [-0.05, 0) is 27.2 Å². The van der Waals surface area contributed by atoms with Gasteiger partial charge in [0.2, 0.25) is 0 Å². The van der Waals surface area contributed by atoms with Gasteiger partial charge in [-0.2, -0.15) is 0 Å². The molecule has 0 spiro atoms. The zero-order valence-electron chi connectivity index (χ0n) is 13.2. The molecule has 0 radical (unpaired) electrons. The minimum Gasteiger partial charge on any atom is -0.466 e. The summed E-state index contributed by atoms with van der Waals surface area (Å²) in [7, 11) is 0. The SMILES string of the molecule is CC(=O)OC(C)C.CCC(C)=O.CCCOC(C)=O. The molecule has 5 nitrogen and oxygen atoms in total. The van der Waals surface area contributed by atoms with Gasteiger partial charge in [-0.3, -0.25) is 9.59 Å². The van der Waals surface area contributed by atoms with Crippen molar-refractivity contribution in [2.24, 2.45) is 0 Å². The molecule has 0 aromatic heterocycles. The van der Waals surface area contributed by atoms with Crippen LogP contribution in [-0.4, -0.2) is 30.4 Å². The van der Waals surface area contributed by atoms with Crippen molar-refractivity contribution in [2.75, 3.05) is 6.61 Å². The van der Waals surface area contributed by atoms with Gasteiger partial charge in [0, 0.05) is 20.3 Å². The molecule has 0 rings (SSSR count). The van der Waals surface area contributed by atoms with Crippen molar-refractivity contribution in [3.05, 3.63) is 0 Å². The lowest BCUT2D eigenvalue weighted by Gasteiger charge is -2.01. The molecule has 0 heterocycles. The maximum atomic E-state index is 10.0. The van der Waals surface area contributed by atoms with E-state index in [9.17, 15) is 14.4 Å². The molecule has 0 aliphatic rings. The number of carbonyl (C=O) groups excluding carboxylic acids is 3. The van der Waals surface area contributed by atoms with Crippen molar-refractivity contribution >= 4 is 17.7 Å². The first kappa shape index (κ1) is 22.8. The standard InChI is InChI=1S/2C5H10O2.C4H8O/c1-4(2)7-5(3)6;1-3-4-7-5(2)6;1-3-4(2)5/h4H,1-3H3;3-4H2,1-2H3;3H2,1-2H3. The summed E-state index contributed by atoms with van der Waals surface area (Å²) in [6.07, 6.45) is 1.59. The Kier molecular flexibility index (Phi) is 19.9. The van der Waals surface area contributed by atoms with Crippen molar-refractivity contribution < 1.29 is 23.9 Å². The van der Waals surface area contributed by atoms with Crippen LogP contribution in [0.15, 0.2) is 0 Å². The number of carbonyl (C=O) groups is 3. The molecule has 0 saturated heterocycles. The fourth-order valence-electron chi connectivity index (χ4n) is 0.578. The van der Waals surface area contributed by atoms with Crippen LogP contribution in [0.2, 0.25) is 0 Å². The van der Waals surface area contributed by atoms with Crippen LogP contribution >= 0.6 is 0 Å². The third-order valence-corrected chi connectivity index (χ3v) is 1.41. The number of ketones is 1. The smallest absolute Gasteiger partial charge is 0.302 e. The fraction of sp³-hybridized carbons (Fsp3) is 0.786. The second kappa shape index (κ2) is 16.6. The summed E-state index contributed by atoms with van der Waals surface area (Å²) in [5.74, 6) is -0.151. The number of ether oxygens (including phenoxy) is 2. The van der Waals surface area contributed by atoms with Crippen LogP contribution in [0.3, 0.4) is 0 Å². The molecule has 0 amide bonds. The lowest BCUT2D eigenvalue weighted by atomic mass is 10.4. The van der Waals surface area contributed by atoms with Crippen LogP contribution < -0.4 is 0 Å². The molecule has 114 valence electrons. The van der Waals surface area contributed by atoms with E-state index in [0.717, 1.165) is 6.42 Å². The molecular weight excluding hydrogens is 248 g/mol. The summed E-state index contributed by atoms with van der Waals surface area (Å²) in [5, 5.41) is 0. The van der Waals surface area contributed by atoms with E-state index in [2.05, 4.69) is 9.47 Å². The maximum Gasteiger partial charge on any atom is 0.302 e. The van der Waals surface area contributed by atoms with E-state index >= 15 is 0 Å². The van der Waals surface area contributed by atoms with Crippen molar-refractivity contribution in [2.45, 2.75) is 67.4 Å². The van der Waals surface area contributed by atoms with E-state index < -0.39 is 0 Å². The Morgan fingerprint density at radius 3 is 1.42 bits per heavy atom. The summed E-state index contributed by atoms with van der Waals surface area (Å²) >= 11 is 0. The van der Waals surface area contributed by atoms with E-state index in [-0.39, 0.29) is 23.8 Å². The highest BCUT2D eigenvalue weighted by atomic mass is 16.5. The first-order chi connectivity index (χ1) is 8.67. The highest BCUT2D eigenvalue weighted by Crippen LogP contribution is 1.85. The normalized spacial score (nSPS) is 8.42. The highest BCUT2D eigenvalue weighted by Gasteiger charge is 1.93. The molecule has 0 bridgehead atoms. The monoisotopic (exact) mass is 276 g/mol. The fourth-order valence-corrected chi connectivity index (χ4v) is 0.578. The van der Waals surface area contributed by atoms with Gasteiger partial charge in [0.05, 0.1) is 12.7 Å². The van der Waals surface area contributed by atoms with Crippen molar-refractivity contribution in [1.82, 2.24) is 0 Å². The van der Waals surface area contributed by atoms with E-state index in [4.69, 9.17) is 0 Å². The van der Waals surface area contributed by atoms with Gasteiger partial charge in [-0.15, -0.1) is 0 Å². The predicted octanol–water partition coefficient (Wildman–Crippen LogP) is 2.90. The maximum absolute atomic E-state index is 10.0. The van der Waals surface area contributed by atoms with Gasteiger partial charge in [-0.1, -0.05) is 13.8 Å². The van der Waals surface area contributed by atoms with Crippen LogP contribution in [0.1, 0.15) is 61.3 Å². The molecule has 0 unspecified atom stereocenters. The van der Waals surface area contributed by atoms with Crippen LogP contribution in [0.25, 0.3) is 0 Å². The Bertz CT molecular complexity index is 246. The average Bonchev–Trinajstić information content (AvgIpc) is 2.26. The number of hydrogen-bond donors (Lipinski definition) is 0. The highest BCUT2D eigenvalue weighted by molar-refractivity contribution is 5.74. The Hall–Kier alpha value is -1.39. The Morgan fingerprint density at radius 1 is 0.947 bits per heavy atom. The Morgan fingerprint density at radius 2 is 1.37 bits per heavy atom. The van der Waals surface area contributed by atoms with Crippen molar-refractivity contribution in [1.29, 1.82) is 0 Å². The van der Waals surface area contributed by atoms with Crippen LogP contribution in [0, 0.1) is 0 Å². The third-order valence-electron chi connectivity index (χ3n) is 1.41. The summed E-state index contributed by atoms with van der Waals surface area (Å²) in [4.78, 5) is 29.8. The Labute approximate surface area is 116 Å². The number of esters is 2. The van der Waals surface area contributed by atoms with Crippen LogP contribution in [-0.2, 0) is 23.9 Å². The number of rotatable bonds is 4. The quantitative estimate of drug-likeness (QED) is 0.738. The van der Waals surface area contributed by atoms with Crippen LogP contribution in [0.5, 0.6) is 0 Å². The number of hydrogen-bond acceptors (Lipinski definition) is 5. The van der Waals surface area contributed by atoms with Crippen molar-refractivity contribution in [3.63, 3.8) is 0 Å². The average molecular weight is 276 g/mol. The first-order valence-corrected chi connectivity index (χ1v) is 6.47. The third kappa shape index (κ3) is 47.8. The Balaban J connectivity index is -0.000000206. The lowest BCUT2D eigenvalue weighted by molar-refractivity contribution is -0.144. The molecular formula is C14H28O5. The molecule has 0 fully saturated rings. The minimum absolute atomic E-state index is 0.0255. The summed E-state index contributed by atoms with van der Waals surface area (Å²) in [5.41, 5.74) is 0. The zero-order valence-corrected chi connectivity index (χ0v) is 13.2. The number of Topliss-reactive ketones (excluding diaryl/α,β-unsaturated/α-hetero) is 1. The zero-order chi connectivity index (χ0) is 15.8. The van der Waals surface area contributed by atoms with Gasteiger partial charge in [0.25, 0.3) is 0 Å². The van der Waals surface area contributed by atoms with Gasteiger partial charge >= 0.3 is 11.9 Å². The largest absolute Gasteiger partial charge is 0.466 e. The predicted molar refractivity (Wildman–Crippen MR) is 74.8 cm³/mol. The van der Waals surface area contributed by atoms with E-state index in [1.54, 1.807) is 6.92 Å². The van der Waals surface area contributed by atoms with E-state index in [0.29, 0.717) is 13.0 Å². The van der Waals surface area contributed by atoms with Gasteiger partial charge in [-0.25, -0.2) is 0 Å². The summed E-state index contributed by atoms with van der Waals surface area (Å²) < 4.78 is 9.16. The molecule has 0 N–H and O–H groups in total. The van der Waals surface area contributed by atoms with Gasteiger partial charge in [0.1, 0.15) is 5.78 Å². The second-order valence-corrected chi connectivity index (χ2v) is 4.05. The summed E-state index contributed by atoms with van der Waals surface area (Å²) in [6, 6.07) is 0. The lowest BCUT2D eigenvalue weighted by Crippen LogP contribution is -2.06. The van der Waals surface area contributed by atoms with Crippen LogP contribution in [0.4, 0.5) is 0 Å². The molecule has 0 aliphatic carbocycles. The molecule has 0 saturated carbocycles. The molecule has 5 heteroatoms. The molecule has 0 atom stereocenters. The van der Waals surface area contributed by atoms with Gasteiger partial charge < -0.3 is 14.3 Å². The molecule has 0 aliphatic heterocycles. The van der Waals surface area contributed by atoms with Gasteiger partial charge in [0.15, 0.2) is 0 Å². The van der Waals surface area contributed by atoms with E-state index in [1.807, 2.05) is 27.7 Å². The minimum atomic E-state index is -0.213. The first-order valence-electron chi connectivity index (χ1n) is 6.47. The van der Waals surface area contributed by atoms with E-state index in [1.165, 1.54) is 13.8 Å². The molecule has 19 heavy (non-hydrogen) atoms. The van der Waals surface area contributed by atoms with Crippen molar-refractivity contribution in [3.8, 4) is 0 Å². The summed E-state index contributed by atoms with van der Waals surface area (Å²) in [6.45, 7) is 12.4. The second-order valence-electron chi connectivity index (χ2n) is 4.05. The molecule has 0 aromatic rings.